The van der Waals surface area contributed by atoms with Gasteiger partial charge in [-0.1, -0.05) is 30.3 Å². The first kappa shape index (κ1) is 26.1. The average molecular weight is 520 g/mol. The molecule has 4 rings (SSSR count). The topological polar surface area (TPSA) is 106 Å². The van der Waals surface area contributed by atoms with E-state index < -0.39 is 18.0 Å². The van der Waals surface area contributed by atoms with Gasteiger partial charge in [0.25, 0.3) is 11.8 Å². The summed E-state index contributed by atoms with van der Waals surface area (Å²) in [5.74, 6) is -0.703. The molecule has 2 amide bonds. The van der Waals surface area contributed by atoms with Crippen molar-refractivity contribution in [3.05, 3.63) is 81.7 Å². The van der Waals surface area contributed by atoms with Crippen molar-refractivity contribution in [3.8, 4) is 5.75 Å². The van der Waals surface area contributed by atoms with Gasteiger partial charge in [-0.05, 0) is 74.9 Å². The molecule has 8 nitrogen and oxygen atoms in total. The number of benzene rings is 2. The zero-order valence-electron chi connectivity index (χ0n) is 20.8. The molecule has 3 aromatic rings. The van der Waals surface area contributed by atoms with Gasteiger partial charge in [0.15, 0.2) is 6.10 Å². The highest BCUT2D eigenvalue weighted by atomic mass is 32.1. The second-order valence-electron chi connectivity index (χ2n) is 8.52. The van der Waals surface area contributed by atoms with Crippen LogP contribution in [0, 0.1) is 0 Å². The number of hydrogen-bond donors (Lipinski definition) is 2. The van der Waals surface area contributed by atoms with Crippen LogP contribution in [0.1, 0.15) is 63.4 Å². The number of fused-ring (bicyclic) bond motifs is 1. The molecule has 0 bridgehead atoms. The van der Waals surface area contributed by atoms with Gasteiger partial charge in [0, 0.05) is 10.4 Å². The maximum atomic E-state index is 13.0. The first-order valence-corrected chi connectivity index (χ1v) is 13.1. The number of nitrogens with one attached hydrogen (secondary N) is 2. The van der Waals surface area contributed by atoms with Crippen molar-refractivity contribution in [1.82, 2.24) is 5.43 Å². The molecule has 1 heterocycles. The molecule has 1 atom stereocenters. The lowest BCUT2D eigenvalue weighted by molar-refractivity contribution is -0.127. The maximum Gasteiger partial charge on any atom is 0.341 e. The number of amides is 2. The molecule has 1 aliphatic carbocycles. The van der Waals surface area contributed by atoms with E-state index in [4.69, 9.17) is 9.47 Å². The number of carbonyl (C=O) groups is 3. The molecule has 0 aliphatic heterocycles. The van der Waals surface area contributed by atoms with E-state index in [1.54, 1.807) is 44.3 Å². The molecule has 37 heavy (non-hydrogen) atoms. The average Bonchev–Trinajstić information content (AvgIpc) is 3.27. The highest BCUT2D eigenvalue weighted by Crippen LogP contribution is 2.38. The van der Waals surface area contributed by atoms with Crippen LogP contribution in [0.2, 0.25) is 0 Å². The summed E-state index contributed by atoms with van der Waals surface area (Å²) in [6.45, 7) is 3.65. The summed E-state index contributed by atoms with van der Waals surface area (Å²) in [5, 5.41) is 7.37. The fourth-order valence-electron chi connectivity index (χ4n) is 3.99. The van der Waals surface area contributed by atoms with Gasteiger partial charge in [0.2, 0.25) is 0 Å². The number of ether oxygens (including phenoxy) is 2. The fraction of sp³-hybridized carbons (Fsp3) is 0.286. The molecule has 0 unspecified atom stereocenters. The minimum Gasteiger partial charge on any atom is -0.481 e. The summed E-state index contributed by atoms with van der Waals surface area (Å²) in [4.78, 5) is 39.0. The van der Waals surface area contributed by atoms with E-state index in [1.165, 1.54) is 11.3 Å². The first-order chi connectivity index (χ1) is 18.0. The lowest BCUT2D eigenvalue weighted by Crippen LogP contribution is -2.33. The van der Waals surface area contributed by atoms with E-state index in [2.05, 4.69) is 15.8 Å². The SMILES string of the molecule is CCOC(=O)c1c(NC(=O)c2ccc(O[C@H](C)C(=O)N/N=C\c3ccccc3)cc2)sc2c1CCCC2. The van der Waals surface area contributed by atoms with Crippen LogP contribution < -0.4 is 15.5 Å². The molecule has 0 fully saturated rings. The van der Waals surface area contributed by atoms with E-state index in [1.807, 2.05) is 30.3 Å². The Kier molecular flexibility index (Phi) is 8.68. The molecular weight excluding hydrogens is 490 g/mol. The third kappa shape index (κ3) is 6.62. The minimum atomic E-state index is -0.794. The van der Waals surface area contributed by atoms with Crippen LogP contribution >= 0.6 is 11.3 Å². The lowest BCUT2D eigenvalue weighted by Gasteiger charge is -2.13. The quantitative estimate of drug-likeness (QED) is 0.236. The Balaban J connectivity index is 1.37. The van der Waals surface area contributed by atoms with Gasteiger partial charge >= 0.3 is 5.97 Å². The number of rotatable bonds is 9. The second kappa shape index (κ2) is 12.3. The van der Waals surface area contributed by atoms with Gasteiger partial charge in [0.05, 0.1) is 18.4 Å². The molecule has 2 aromatic carbocycles. The summed E-state index contributed by atoms with van der Waals surface area (Å²) < 4.78 is 10.9. The predicted molar refractivity (Wildman–Crippen MR) is 144 cm³/mol. The Bertz CT molecular complexity index is 1290. The van der Waals surface area contributed by atoms with Crippen molar-refractivity contribution in [3.63, 3.8) is 0 Å². The molecule has 0 spiro atoms. The number of hydrazone groups is 1. The van der Waals surface area contributed by atoms with Crippen molar-refractivity contribution in [2.24, 2.45) is 5.10 Å². The number of esters is 1. The van der Waals surface area contributed by atoms with Crippen molar-refractivity contribution in [2.75, 3.05) is 11.9 Å². The summed E-state index contributed by atoms with van der Waals surface area (Å²) in [7, 11) is 0. The monoisotopic (exact) mass is 519 g/mol. The largest absolute Gasteiger partial charge is 0.481 e. The number of aryl methyl sites for hydroxylation is 1. The van der Waals surface area contributed by atoms with Crippen LogP contribution in [0.25, 0.3) is 0 Å². The normalized spacial score (nSPS) is 13.5. The van der Waals surface area contributed by atoms with Crippen molar-refractivity contribution in [2.45, 2.75) is 45.6 Å². The van der Waals surface area contributed by atoms with Gasteiger partial charge in [-0.25, -0.2) is 10.2 Å². The van der Waals surface area contributed by atoms with Crippen LogP contribution in [0.15, 0.2) is 59.7 Å². The molecule has 2 N–H and O–H groups in total. The smallest absolute Gasteiger partial charge is 0.341 e. The van der Waals surface area contributed by atoms with E-state index in [9.17, 15) is 14.4 Å². The van der Waals surface area contributed by atoms with Gasteiger partial charge in [-0.2, -0.15) is 5.10 Å². The molecule has 0 radical (unpaired) electrons. The Morgan fingerprint density at radius 2 is 1.78 bits per heavy atom. The van der Waals surface area contributed by atoms with Crippen molar-refractivity contribution in [1.29, 1.82) is 0 Å². The van der Waals surface area contributed by atoms with Crippen molar-refractivity contribution >= 4 is 40.3 Å². The summed E-state index contributed by atoms with van der Waals surface area (Å²) in [6.07, 6.45) is 4.55. The second-order valence-corrected chi connectivity index (χ2v) is 9.62. The molecule has 192 valence electrons. The summed E-state index contributed by atoms with van der Waals surface area (Å²) >= 11 is 1.45. The van der Waals surface area contributed by atoms with Crippen LogP contribution in [-0.2, 0) is 22.4 Å². The van der Waals surface area contributed by atoms with Crippen LogP contribution in [-0.4, -0.2) is 36.7 Å². The number of anilines is 1. The third-order valence-electron chi connectivity index (χ3n) is 5.86. The first-order valence-electron chi connectivity index (χ1n) is 12.2. The standard InChI is InChI=1S/C28H29N3O5S/c1-3-35-28(34)24-22-11-7-8-12-23(22)37-27(24)30-26(33)20-13-15-21(16-14-20)36-18(2)25(32)31-29-17-19-9-5-4-6-10-19/h4-6,9-10,13-18H,3,7-8,11-12H2,1-2H3,(H,30,33)(H,31,32)/b29-17-/t18-/m1/s1. The highest BCUT2D eigenvalue weighted by molar-refractivity contribution is 7.17. The Morgan fingerprint density at radius 3 is 2.51 bits per heavy atom. The Labute approximate surface area is 219 Å². The summed E-state index contributed by atoms with van der Waals surface area (Å²) in [5.41, 5.74) is 5.19. The van der Waals surface area contributed by atoms with E-state index in [0.29, 0.717) is 21.9 Å². The number of nitrogens with zero attached hydrogens (tertiary/aromatic N) is 1. The number of hydrogen-bond acceptors (Lipinski definition) is 7. The molecule has 1 aromatic heterocycles. The number of thiophene rings is 1. The van der Waals surface area contributed by atoms with Gasteiger partial charge in [-0.3, -0.25) is 9.59 Å². The van der Waals surface area contributed by atoms with Gasteiger partial charge in [-0.15, -0.1) is 11.3 Å². The van der Waals surface area contributed by atoms with Gasteiger partial charge in [0.1, 0.15) is 10.8 Å². The summed E-state index contributed by atoms with van der Waals surface area (Å²) in [6, 6.07) is 15.9. The molecular formula is C28H29N3O5S. The van der Waals surface area contributed by atoms with Crippen LogP contribution in [0.5, 0.6) is 5.75 Å². The van der Waals surface area contributed by atoms with E-state index in [0.717, 1.165) is 41.7 Å². The predicted octanol–water partition coefficient (Wildman–Crippen LogP) is 4.97. The van der Waals surface area contributed by atoms with Crippen LogP contribution in [0.4, 0.5) is 5.00 Å². The molecule has 9 heteroatoms. The van der Waals surface area contributed by atoms with Crippen molar-refractivity contribution < 1.29 is 23.9 Å². The highest BCUT2D eigenvalue weighted by Gasteiger charge is 2.27. The lowest BCUT2D eigenvalue weighted by atomic mass is 9.95. The minimum absolute atomic E-state index is 0.272. The molecule has 1 aliphatic rings. The van der Waals surface area contributed by atoms with E-state index in [-0.39, 0.29) is 12.5 Å². The molecule has 0 saturated carbocycles. The van der Waals surface area contributed by atoms with Gasteiger partial charge < -0.3 is 14.8 Å². The Hall–Kier alpha value is -3.98. The maximum absolute atomic E-state index is 13.0. The van der Waals surface area contributed by atoms with Crippen LogP contribution in [0.3, 0.4) is 0 Å². The Morgan fingerprint density at radius 1 is 1.05 bits per heavy atom. The molecule has 0 saturated heterocycles. The third-order valence-corrected chi connectivity index (χ3v) is 7.07. The number of carbonyl (C=O) groups excluding carboxylic acids is 3. The zero-order chi connectivity index (χ0) is 26.2. The zero-order valence-corrected chi connectivity index (χ0v) is 21.6. The fourth-order valence-corrected chi connectivity index (χ4v) is 5.26. The van der Waals surface area contributed by atoms with E-state index >= 15 is 0 Å².